The number of anilines is 1. The van der Waals surface area contributed by atoms with Gasteiger partial charge in [0, 0.05) is 19.2 Å². The molecule has 0 atom stereocenters. The van der Waals surface area contributed by atoms with Crippen molar-refractivity contribution in [3.63, 3.8) is 0 Å². The number of hydrogen-bond donors (Lipinski definition) is 2. The molecule has 0 saturated carbocycles. The Morgan fingerprint density at radius 3 is 2.00 bits per heavy atom. The molecule has 0 aliphatic heterocycles. The average molecular weight is 432 g/mol. The summed E-state index contributed by atoms with van der Waals surface area (Å²) in [6.07, 6.45) is 20.9. The van der Waals surface area contributed by atoms with Gasteiger partial charge < -0.3 is 15.1 Å². The minimum Gasteiger partial charge on any atom is -0.507 e. The van der Waals surface area contributed by atoms with Crippen molar-refractivity contribution >= 4 is 17.6 Å². The van der Waals surface area contributed by atoms with Crippen molar-refractivity contribution in [2.45, 2.75) is 96.8 Å². The summed E-state index contributed by atoms with van der Waals surface area (Å²) in [5.74, 6) is -1.55. The van der Waals surface area contributed by atoms with Crippen LogP contribution in [0.5, 0.6) is 5.75 Å². The fraction of sp³-hybridized carbons (Fsp3) is 0.615. The number of hydrogen-bond acceptors (Lipinski definition) is 3. The molecule has 1 amide bonds. The van der Waals surface area contributed by atoms with Crippen LogP contribution in [0.25, 0.3) is 0 Å². The van der Waals surface area contributed by atoms with Crippen LogP contribution in [0.15, 0.2) is 30.4 Å². The number of carbonyl (C=O) groups excluding carboxylic acids is 1. The van der Waals surface area contributed by atoms with Crippen LogP contribution in [-0.4, -0.2) is 29.1 Å². The van der Waals surface area contributed by atoms with E-state index in [2.05, 4.69) is 19.1 Å². The Bertz CT molecular complexity index is 684. The summed E-state index contributed by atoms with van der Waals surface area (Å²) in [6, 6.07) is 4.19. The number of aromatic hydroxyl groups is 1. The predicted octanol–water partition coefficient (Wildman–Crippen LogP) is 7.09. The highest BCUT2D eigenvalue weighted by molar-refractivity contribution is 5.96. The Kier molecular flexibility index (Phi) is 14.1. The molecule has 1 rings (SSSR count). The molecule has 0 heterocycles. The number of amides is 1. The van der Waals surface area contributed by atoms with Gasteiger partial charge in [-0.25, -0.2) is 4.79 Å². The summed E-state index contributed by atoms with van der Waals surface area (Å²) >= 11 is 0. The number of benzene rings is 1. The lowest BCUT2D eigenvalue weighted by atomic mass is 10.1. The van der Waals surface area contributed by atoms with E-state index in [-0.39, 0.29) is 17.2 Å². The number of unbranched alkanes of at least 4 members (excludes halogenated alkanes) is 11. The van der Waals surface area contributed by atoms with Crippen LogP contribution in [-0.2, 0) is 4.79 Å². The van der Waals surface area contributed by atoms with Crippen LogP contribution >= 0.6 is 0 Å². The maximum atomic E-state index is 12.4. The molecule has 0 bridgehead atoms. The van der Waals surface area contributed by atoms with Gasteiger partial charge in [0.25, 0.3) is 0 Å². The second kappa shape index (κ2) is 16.4. The molecular weight excluding hydrogens is 390 g/mol. The summed E-state index contributed by atoms with van der Waals surface area (Å²) in [5.41, 5.74) is 0.283. The van der Waals surface area contributed by atoms with E-state index < -0.39 is 5.97 Å². The molecule has 0 aliphatic carbocycles. The molecule has 0 spiro atoms. The van der Waals surface area contributed by atoms with Gasteiger partial charge in [-0.15, -0.1) is 0 Å². The summed E-state index contributed by atoms with van der Waals surface area (Å²) in [5, 5.41) is 18.7. The minimum atomic E-state index is -1.21. The monoisotopic (exact) mass is 431 g/mol. The first-order valence-corrected chi connectivity index (χ1v) is 11.9. The molecule has 0 radical (unpaired) electrons. The van der Waals surface area contributed by atoms with E-state index >= 15 is 0 Å². The zero-order valence-corrected chi connectivity index (χ0v) is 19.4. The summed E-state index contributed by atoms with van der Waals surface area (Å²) in [4.78, 5) is 24.9. The van der Waals surface area contributed by atoms with Crippen molar-refractivity contribution in [3.8, 4) is 5.75 Å². The summed E-state index contributed by atoms with van der Waals surface area (Å²) in [7, 11) is 1.64. The first-order valence-electron chi connectivity index (χ1n) is 11.9. The van der Waals surface area contributed by atoms with Crippen LogP contribution in [0.2, 0.25) is 0 Å². The van der Waals surface area contributed by atoms with Crippen molar-refractivity contribution in [1.29, 1.82) is 0 Å². The lowest BCUT2D eigenvalue weighted by Gasteiger charge is -2.18. The molecule has 1 aromatic rings. The SMILES string of the molecule is CCCCCCCC/C=C\CCCCCCCC(=O)N(C)c1ccc(O)c(C(=O)O)c1. The third-order valence-corrected chi connectivity index (χ3v) is 5.62. The van der Waals surface area contributed by atoms with Crippen molar-refractivity contribution < 1.29 is 19.8 Å². The first-order chi connectivity index (χ1) is 15.0. The molecule has 174 valence electrons. The largest absolute Gasteiger partial charge is 0.507 e. The molecule has 0 aliphatic rings. The van der Waals surface area contributed by atoms with Crippen molar-refractivity contribution in [3.05, 3.63) is 35.9 Å². The highest BCUT2D eigenvalue weighted by Crippen LogP contribution is 2.24. The van der Waals surface area contributed by atoms with Crippen LogP contribution in [0.3, 0.4) is 0 Å². The summed E-state index contributed by atoms with van der Waals surface area (Å²) in [6.45, 7) is 2.25. The van der Waals surface area contributed by atoms with Crippen LogP contribution in [0, 0.1) is 0 Å². The number of nitrogens with zero attached hydrogens (tertiary/aromatic N) is 1. The van der Waals surface area contributed by atoms with E-state index in [1.807, 2.05) is 0 Å². The molecule has 0 fully saturated rings. The number of rotatable bonds is 17. The Hall–Kier alpha value is -2.30. The van der Waals surface area contributed by atoms with Gasteiger partial charge in [0.15, 0.2) is 0 Å². The zero-order valence-electron chi connectivity index (χ0n) is 19.4. The Labute approximate surface area is 188 Å². The van der Waals surface area contributed by atoms with E-state index in [0.29, 0.717) is 12.1 Å². The molecule has 5 heteroatoms. The maximum absolute atomic E-state index is 12.4. The van der Waals surface area contributed by atoms with E-state index in [4.69, 9.17) is 5.11 Å². The van der Waals surface area contributed by atoms with Crippen molar-refractivity contribution in [2.24, 2.45) is 0 Å². The topological polar surface area (TPSA) is 77.8 Å². The smallest absolute Gasteiger partial charge is 0.339 e. The number of carbonyl (C=O) groups is 2. The van der Waals surface area contributed by atoms with Gasteiger partial charge in [0.1, 0.15) is 11.3 Å². The van der Waals surface area contributed by atoms with Gasteiger partial charge in [-0.2, -0.15) is 0 Å². The lowest BCUT2D eigenvalue weighted by molar-refractivity contribution is -0.118. The number of carboxylic acids is 1. The highest BCUT2D eigenvalue weighted by Gasteiger charge is 2.15. The van der Waals surface area contributed by atoms with E-state index in [1.54, 1.807) is 13.1 Å². The number of allylic oxidation sites excluding steroid dienone is 2. The average Bonchev–Trinajstić information content (AvgIpc) is 2.75. The first kappa shape index (κ1) is 26.7. The van der Waals surface area contributed by atoms with Crippen LogP contribution in [0.1, 0.15) is 107 Å². The van der Waals surface area contributed by atoms with E-state index in [0.717, 1.165) is 25.7 Å². The molecule has 2 N–H and O–H groups in total. The lowest BCUT2D eigenvalue weighted by Crippen LogP contribution is -2.26. The maximum Gasteiger partial charge on any atom is 0.339 e. The van der Waals surface area contributed by atoms with Gasteiger partial charge in [0.05, 0.1) is 0 Å². The van der Waals surface area contributed by atoms with Crippen molar-refractivity contribution in [2.75, 3.05) is 11.9 Å². The third kappa shape index (κ3) is 11.6. The highest BCUT2D eigenvalue weighted by atomic mass is 16.4. The van der Waals surface area contributed by atoms with E-state index in [9.17, 15) is 14.7 Å². The fourth-order valence-electron chi connectivity index (χ4n) is 3.56. The van der Waals surface area contributed by atoms with Gasteiger partial charge in [-0.05, 0) is 50.3 Å². The molecule has 31 heavy (non-hydrogen) atoms. The van der Waals surface area contributed by atoms with Crippen molar-refractivity contribution in [1.82, 2.24) is 0 Å². The third-order valence-electron chi connectivity index (χ3n) is 5.62. The number of aromatic carboxylic acids is 1. The molecular formula is C26H41NO4. The van der Waals surface area contributed by atoms with Gasteiger partial charge in [-0.1, -0.05) is 70.4 Å². The second-order valence-corrected chi connectivity index (χ2v) is 8.29. The van der Waals surface area contributed by atoms with E-state index in [1.165, 1.54) is 74.8 Å². The Balaban J connectivity index is 2.09. The number of carboxylic acid groups (broad SMARTS) is 1. The zero-order chi connectivity index (χ0) is 22.9. The van der Waals surface area contributed by atoms with Gasteiger partial charge in [0.2, 0.25) is 5.91 Å². The van der Waals surface area contributed by atoms with Gasteiger partial charge in [-0.3, -0.25) is 4.79 Å². The molecule has 0 aromatic heterocycles. The Morgan fingerprint density at radius 2 is 1.42 bits per heavy atom. The van der Waals surface area contributed by atoms with Gasteiger partial charge >= 0.3 is 5.97 Å². The second-order valence-electron chi connectivity index (χ2n) is 8.29. The molecule has 5 nitrogen and oxygen atoms in total. The normalized spacial score (nSPS) is 11.2. The molecule has 0 saturated heterocycles. The predicted molar refractivity (Wildman–Crippen MR) is 128 cm³/mol. The molecule has 1 aromatic carbocycles. The fourth-order valence-corrected chi connectivity index (χ4v) is 3.56. The Morgan fingerprint density at radius 1 is 0.871 bits per heavy atom. The molecule has 0 unspecified atom stereocenters. The number of phenols is 1. The quantitative estimate of drug-likeness (QED) is 0.204. The van der Waals surface area contributed by atoms with Crippen LogP contribution < -0.4 is 4.90 Å². The minimum absolute atomic E-state index is 0.0420. The standard InChI is InChI=1S/C26H41NO4/c1-3-4-5-6-7-8-9-10-11-12-13-14-15-16-17-18-25(29)27(2)22-19-20-24(28)23(21-22)26(30)31/h10-11,19-21,28H,3-9,12-18H2,1-2H3,(H,30,31)/b11-10-. The van der Waals surface area contributed by atoms with Crippen LogP contribution in [0.4, 0.5) is 5.69 Å². The summed E-state index contributed by atoms with van der Waals surface area (Å²) < 4.78 is 0.